The van der Waals surface area contributed by atoms with Crippen LogP contribution in [0.5, 0.6) is 0 Å². The van der Waals surface area contributed by atoms with Crippen molar-refractivity contribution in [1.29, 1.82) is 0 Å². The van der Waals surface area contributed by atoms with Gasteiger partial charge in [0.25, 0.3) is 0 Å². The average Bonchev–Trinajstić information content (AvgIpc) is 2.62. The molecule has 2 rings (SSSR count). The zero-order valence-electron chi connectivity index (χ0n) is 7.42. The summed E-state index contributed by atoms with van der Waals surface area (Å²) < 4.78 is 0. The molecule has 3 atom stereocenters. The molecule has 0 radical (unpaired) electrons. The van der Waals surface area contributed by atoms with Crippen LogP contribution < -0.4 is 0 Å². The molecule has 0 aliphatic heterocycles. The summed E-state index contributed by atoms with van der Waals surface area (Å²) >= 11 is 0. The molecule has 0 aromatic heterocycles. The molecule has 64 valence electrons. The van der Waals surface area contributed by atoms with Crippen LogP contribution in [0, 0.1) is 17.3 Å². The fraction of sp³-hybridized carbons (Fsp3) is 0.545. The Morgan fingerprint density at radius 1 is 1.67 bits per heavy atom. The van der Waals surface area contributed by atoms with Crippen LogP contribution in [0.15, 0.2) is 24.8 Å². The highest BCUT2D eigenvalue weighted by Crippen LogP contribution is 2.53. The van der Waals surface area contributed by atoms with Gasteiger partial charge in [-0.25, -0.2) is 0 Å². The van der Waals surface area contributed by atoms with Gasteiger partial charge in [0.1, 0.15) is 5.78 Å². The molecule has 1 fully saturated rings. The Kier molecular flexibility index (Phi) is 1.50. The van der Waals surface area contributed by atoms with Crippen molar-refractivity contribution in [3.63, 3.8) is 0 Å². The zero-order valence-corrected chi connectivity index (χ0v) is 7.42. The van der Waals surface area contributed by atoms with Gasteiger partial charge in [0.2, 0.25) is 0 Å². The molecular weight excluding hydrogens is 148 g/mol. The lowest BCUT2D eigenvalue weighted by atomic mass is 9.73. The van der Waals surface area contributed by atoms with E-state index in [-0.39, 0.29) is 11.2 Å². The van der Waals surface area contributed by atoms with Gasteiger partial charge in [0.15, 0.2) is 0 Å². The Morgan fingerprint density at radius 2 is 2.42 bits per heavy atom. The lowest BCUT2D eigenvalue weighted by Gasteiger charge is -2.29. The molecule has 2 bridgehead atoms. The summed E-state index contributed by atoms with van der Waals surface area (Å²) in [5.74, 6) is 1.36. The van der Waals surface area contributed by atoms with E-state index in [1.54, 1.807) is 6.92 Å². The summed E-state index contributed by atoms with van der Waals surface area (Å²) in [6.45, 7) is 5.49. The number of fused-ring (bicyclic) bond motifs is 2. The largest absolute Gasteiger partial charge is 0.299 e. The first-order chi connectivity index (χ1) is 5.69. The Balaban J connectivity index is 2.38. The minimum Gasteiger partial charge on any atom is -0.299 e. The van der Waals surface area contributed by atoms with E-state index in [0.29, 0.717) is 11.8 Å². The molecule has 1 nitrogen and oxygen atoms in total. The second-order valence-electron chi connectivity index (χ2n) is 3.99. The van der Waals surface area contributed by atoms with E-state index in [1.807, 2.05) is 6.08 Å². The number of allylic oxidation sites excluding steroid dienone is 3. The van der Waals surface area contributed by atoms with Crippen molar-refractivity contribution in [2.45, 2.75) is 19.8 Å². The first-order valence-electron chi connectivity index (χ1n) is 4.52. The molecule has 0 N–H and O–H groups in total. The van der Waals surface area contributed by atoms with E-state index in [1.165, 1.54) is 0 Å². The van der Waals surface area contributed by atoms with Crippen LogP contribution in [-0.4, -0.2) is 5.78 Å². The fourth-order valence-corrected chi connectivity index (χ4v) is 2.68. The van der Waals surface area contributed by atoms with Gasteiger partial charge in [-0.1, -0.05) is 18.2 Å². The van der Waals surface area contributed by atoms with Gasteiger partial charge < -0.3 is 0 Å². The summed E-state index contributed by atoms with van der Waals surface area (Å²) in [6.07, 6.45) is 8.45. The molecule has 3 unspecified atom stereocenters. The number of rotatable bonds is 2. The summed E-state index contributed by atoms with van der Waals surface area (Å²) in [5, 5.41) is 0. The lowest BCUT2D eigenvalue weighted by molar-refractivity contribution is -0.125. The molecule has 0 aromatic carbocycles. The number of hydrogen-bond donors (Lipinski definition) is 0. The maximum atomic E-state index is 11.5. The third-order valence-corrected chi connectivity index (χ3v) is 3.45. The second-order valence-corrected chi connectivity index (χ2v) is 3.99. The average molecular weight is 162 g/mol. The number of carbonyl (C=O) groups excluding carboxylic acids is 1. The maximum absolute atomic E-state index is 11.5. The Labute approximate surface area is 73.2 Å². The first-order valence-corrected chi connectivity index (χ1v) is 4.52. The standard InChI is InChI=1S/C11H14O/c1-3-11(8(2)12)7-9-4-5-10(11)6-9/h3-5,9-10H,1,6-7H2,2H3. The highest BCUT2D eigenvalue weighted by Gasteiger charge is 2.49. The fourth-order valence-electron chi connectivity index (χ4n) is 2.68. The van der Waals surface area contributed by atoms with E-state index in [4.69, 9.17) is 0 Å². The predicted octanol–water partition coefficient (Wildman–Crippen LogP) is 2.34. The van der Waals surface area contributed by atoms with Crippen molar-refractivity contribution in [3.05, 3.63) is 24.8 Å². The Hall–Kier alpha value is -0.850. The van der Waals surface area contributed by atoms with Gasteiger partial charge in [-0.05, 0) is 31.6 Å². The molecule has 0 aromatic rings. The first kappa shape index (κ1) is 7.78. The molecule has 0 amide bonds. The third-order valence-electron chi connectivity index (χ3n) is 3.45. The van der Waals surface area contributed by atoms with Crippen molar-refractivity contribution >= 4 is 5.78 Å². The van der Waals surface area contributed by atoms with Crippen LogP contribution in [0.25, 0.3) is 0 Å². The van der Waals surface area contributed by atoms with Crippen LogP contribution >= 0.6 is 0 Å². The molecule has 12 heavy (non-hydrogen) atoms. The van der Waals surface area contributed by atoms with Crippen molar-refractivity contribution in [1.82, 2.24) is 0 Å². The SMILES string of the molecule is C=CC1(C(C)=O)CC2C=CC1C2. The Bertz CT molecular complexity index is 264. The van der Waals surface area contributed by atoms with E-state index >= 15 is 0 Å². The second kappa shape index (κ2) is 2.32. The van der Waals surface area contributed by atoms with Gasteiger partial charge >= 0.3 is 0 Å². The van der Waals surface area contributed by atoms with Crippen LogP contribution in [0.2, 0.25) is 0 Å². The molecule has 0 saturated heterocycles. The smallest absolute Gasteiger partial charge is 0.140 e. The van der Waals surface area contributed by atoms with Crippen LogP contribution in [0.4, 0.5) is 0 Å². The molecule has 2 aliphatic rings. The summed E-state index contributed by atoms with van der Waals surface area (Å²) in [6, 6.07) is 0. The number of carbonyl (C=O) groups is 1. The lowest BCUT2D eigenvalue weighted by Crippen LogP contribution is -2.30. The molecule has 1 heteroatoms. The maximum Gasteiger partial charge on any atom is 0.140 e. The predicted molar refractivity (Wildman–Crippen MR) is 48.7 cm³/mol. The quantitative estimate of drug-likeness (QED) is 0.569. The van der Waals surface area contributed by atoms with Gasteiger partial charge in [-0.3, -0.25) is 4.79 Å². The van der Waals surface area contributed by atoms with E-state index in [0.717, 1.165) is 12.8 Å². The number of Topliss-reactive ketones (excluding diaryl/α,β-unsaturated/α-hetero) is 1. The van der Waals surface area contributed by atoms with Gasteiger partial charge in [-0.2, -0.15) is 0 Å². The van der Waals surface area contributed by atoms with E-state index in [2.05, 4.69) is 18.7 Å². The van der Waals surface area contributed by atoms with Crippen molar-refractivity contribution in [3.8, 4) is 0 Å². The van der Waals surface area contributed by atoms with Crippen molar-refractivity contribution in [2.24, 2.45) is 17.3 Å². The highest BCUT2D eigenvalue weighted by molar-refractivity contribution is 5.85. The number of hydrogen-bond acceptors (Lipinski definition) is 1. The van der Waals surface area contributed by atoms with E-state index < -0.39 is 0 Å². The van der Waals surface area contributed by atoms with Crippen LogP contribution in [-0.2, 0) is 4.79 Å². The topological polar surface area (TPSA) is 17.1 Å². The monoisotopic (exact) mass is 162 g/mol. The van der Waals surface area contributed by atoms with Crippen molar-refractivity contribution < 1.29 is 4.79 Å². The normalized spacial score (nSPS) is 43.4. The van der Waals surface area contributed by atoms with Gasteiger partial charge in [-0.15, -0.1) is 6.58 Å². The minimum atomic E-state index is -0.209. The van der Waals surface area contributed by atoms with Gasteiger partial charge in [0.05, 0.1) is 5.41 Å². The highest BCUT2D eigenvalue weighted by atomic mass is 16.1. The minimum absolute atomic E-state index is 0.209. The summed E-state index contributed by atoms with van der Waals surface area (Å²) in [7, 11) is 0. The molecule has 0 heterocycles. The summed E-state index contributed by atoms with van der Waals surface area (Å²) in [5.41, 5.74) is -0.209. The summed E-state index contributed by atoms with van der Waals surface area (Å²) in [4.78, 5) is 11.5. The molecular formula is C11H14O. The molecule has 2 aliphatic carbocycles. The third kappa shape index (κ3) is 0.767. The zero-order chi connectivity index (χ0) is 8.77. The van der Waals surface area contributed by atoms with Crippen molar-refractivity contribution in [2.75, 3.05) is 0 Å². The van der Waals surface area contributed by atoms with Gasteiger partial charge in [0, 0.05) is 0 Å². The van der Waals surface area contributed by atoms with Crippen LogP contribution in [0.1, 0.15) is 19.8 Å². The molecule has 0 spiro atoms. The Morgan fingerprint density at radius 3 is 2.67 bits per heavy atom. The molecule has 1 saturated carbocycles. The van der Waals surface area contributed by atoms with E-state index in [9.17, 15) is 4.79 Å². The number of ketones is 1. The van der Waals surface area contributed by atoms with Crippen LogP contribution in [0.3, 0.4) is 0 Å².